The molecule has 2 aromatic carbocycles. The summed E-state index contributed by atoms with van der Waals surface area (Å²) < 4.78 is 0. The van der Waals surface area contributed by atoms with Gasteiger partial charge in [0, 0.05) is 6.07 Å². The lowest BCUT2D eigenvalue weighted by molar-refractivity contribution is -0.385. The Morgan fingerprint density at radius 3 is 2.50 bits per heavy atom. The molecule has 0 aliphatic carbocycles. The third kappa shape index (κ3) is 3.45. The Labute approximate surface area is 126 Å². The Hall–Kier alpha value is -3.22. The summed E-state index contributed by atoms with van der Waals surface area (Å²) >= 11 is 0. The first-order valence-electron chi connectivity index (χ1n) is 6.43. The van der Waals surface area contributed by atoms with Crippen LogP contribution in [0.25, 0.3) is 0 Å². The summed E-state index contributed by atoms with van der Waals surface area (Å²) in [6.45, 7) is 1.86. The molecule has 0 aromatic heterocycles. The Morgan fingerprint density at radius 1 is 1.18 bits per heavy atom. The molecule has 7 heteroatoms. The van der Waals surface area contributed by atoms with Gasteiger partial charge in [-0.2, -0.15) is 0 Å². The van der Waals surface area contributed by atoms with Crippen LogP contribution in [-0.2, 0) is 0 Å². The molecule has 7 nitrogen and oxygen atoms in total. The van der Waals surface area contributed by atoms with Gasteiger partial charge >= 0.3 is 0 Å². The average molecular weight is 298 g/mol. The lowest BCUT2D eigenvalue weighted by atomic mass is 10.1. The van der Waals surface area contributed by atoms with Crippen molar-refractivity contribution in [3.8, 4) is 0 Å². The zero-order valence-electron chi connectivity index (χ0n) is 11.8. The van der Waals surface area contributed by atoms with Gasteiger partial charge in [-0.05, 0) is 24.6 Å². The van der Waals surface area contributed by atoms with Crippen LogP contribution in [0.15, 0.2) is 53.5 Å². The Kier molecular flexibility index (Phi) is 4.47. The SMILES string of the molecule is Cc1ccccc1N=C(N)NC(=O)c1ccccc1[N+](=O)[O-]. The second-order valence-electron chi connectivity index (χ2n) is 4.51. The zero-order valence-corrected chi connectivity index (χ0v) is 11.8. The molecule has 0 heterocycles. The van der Waals surface area contributed by atoms with Crippen molar-refractivity contribution < 1.29 is 9.72 Å². The minimum atomic E-state index is -0.679. The maximum Gasteiger partial charge on any atom is 0.282 e. The Balaban J connectivity index is 2.22. The molecule has 1 amide bonds. The second-order valence-corrected chi connectivity index (χ2v) is 4.51. The first-order chi connectivity index (χ1) is 10.5. The number of nitrogens with zero attached hydrogens (tertiary/aromatic N) is 2. The second kappa shape index (κ2) is 6.49. The number of amides is 1. The minimum Gasteiger partial charge on any atom is -0.369 e. The molecule has 0 atom stereocenters. The largest absolute Gasteiger partial charge is 0.369 e. The van der Waals surface area contributed by atoms with E-state index in [-0.39, 0.29) is 17.2 Å². The summed E-state index contributed by atoms with van der Waals surface area (Å²) in [4.78, 5) is 26.5. The zero-order chi connectivity index (χ0) is 16.1. The first kappa shape index (κ1) is 15.2. The predicted molar refractivity (Wildman–Crippen MR) is 83.0 cm³/mol. The van der Waals surface area contributed by atoms with E-state index in [4.69, 9.17) is 5.73 Å². The summed E-state index contributed by atoms with van der Waals surface area (Å²) in [5, 5.41) is 13.3. The summed E-state index contributed by atoms with van der Waals surface area (Å²) in [7, 11) is 0. The van der Waals surface area contributed by atoms with Crippen molar-refractivity contribution in [2.24, 2.45) is 10.7 Å². The van der Waals surface area contributed by atoms with E-state index >= 15 is 0 Å². The highest BCUT2D eigenvalue weighted by molar-refractivity contribution is 6.07. The molecule has 0 saturated heterocycles. The minimum absolute atomic E-state index is 0.0737. The number of nitro benzene ring substituents is 1. The molecule has 0 bridgehead atoms. The molecular formula is C15H14N4O3. The predicted octanol–water partition coefficient (Wildman–Crippen LogP) is 2.28. The fourth-order valence-electron chi connectivity index (χ4n) is 1.86. The monoisotopic (exact) mass is 298 g/mol. The number of nitro groups is 1. The summed E-state index contributed by atoms with van der Waals surface area (Å²) in [5.41, 5.74) is 6.83. The van der Waals surface area contributed by atoms with E-state index in [1.54, 1.807) is 12.1 Å². The molecule has 0 saturated carbocycles. The maximum atomic E-state index is 12.1. The number of aryl methyl sites for hydroxylation is 1. The third-order valence-electron chi connectivity index (χ3n) is 2.94. The average Bonchev–Trinajstić information content (AvgIpc) is 2.49. The summed E-state index contributed by atoms with van der Waals surface area (Å²) in [6.07, 6.45) is 0. The molecule has 2 aromatic rings. The van der Waals surface area contributed by atoms with E-state index < -0.39 is 10.8 Å². The van der Waals surface area contributed by atoms with Gasteiger partial charge in [0.05, 0.1) is 10.6 Å². The van der Waals surface area contributed by atoms with E-state index in [9.17, 15) is 14.9 Å². The van der Waals surface area contributed by atoms with Gasteiger partial charge in [-0.15, -0.1) is 0 Å². The van der Waals surface area contributed by atoms with Crippen molar-refractivity contribution in [2.75, 3.05) is 0 Å². The maximum absolute atomic E-state index is 12.1. The van der Waals surface area contributed by atoms with Crippen LogP contribution in [-0.4, -0.2) is 16.8 Å². The molecule has 0 aliphatic heterocycles. The number of nitrogens with two attached hydrogens (primary N) is 1. The number of guanidine groups is 1. The highest BCUT2D eigenvalue weighted by atomic mass is 16.6. The van der Waals surface area contributed by atoms with E-state index in [1.165, 1.54) is 24.3 Å². The van der Waals surface area contributed by atoms with Crippen LogP contribution in [0.1, 0.15) is 15.9 Å². The third-order valence-corrected chi connectivity index (χ3v) is 2.94. The molecule has 0 aliphatic rings. The van der Waals surface area contributed by atoms with E-state index in [0.29, 0.717) is 5.69 Å². The van der Waals surface area contributed by atoms with Crippen LogP contribution in [0, 0.1) is 17.0 Å². The summed E-state index contributed by atoms with van der Waals surface area (Å²) in [6, 6.07) is 12.9. The topological polar surface area (TPSA) is 111 Å². The molecule has 3 N–H and O–H groups in total. The van der Waals surface area contributed by atoms with E-state index in [2.05, 4.69) is 10.3 Å². The molecule has 2 rings (SSSR count). The van der Waals surface area contributed by atoms with Crippen LogP contribution < -0.4 is 11.1 Å². The standard InChI is InChI=1S/C15H14N4O3/c1-10-6-2-4-8-12(10)17-15(16)18-14(20)11-7-3-5-9-13(11)19(21)22/h2-9H,1H3,(H3,16,17,18,20). The van der Waals surface area contributed by atoms with Crippen molar-refractivity contribution in [1.82, 2.24) is 5.32 Å². The number of carbonyl (C=O) groups is 1. The first-order valence-corrected chi connectivity index (χ1v) is 6.43. The molecule has 0 radical (unpaired) electrons. The van der Waals surface area contributed by atoms with Crippen molar-refractivity contribution >= 4 is 23.2 Å². The van der Waals surface area contributed by atoms with Gasteiger partial charge in [0.1, 0.15) is 5.56 Å². The quantitative estimate of drug-likeness (QED) is 0.392. The highest BCUT2D eigenvalue weighted by Gasteiger charge is 2.19. The number of nitrogens with one attached hydrogen (secondary N) is 1. The fourth-order valence-corrected chi connectivity index (χ4v) is 1.86. The molecule has 0 unspecified atom stereocenters. The van der Waals surface area contributed by atoms with Crippen LogP contribution >= 0.6 is 0 Å². The van der Waals surface area contributed by atoms with Gasteiger partial charge in [-0.1, -0.05) is 30.3 Å². The van der Waals surface area contributed by atoms with Gasteiger partial charge in [0.15, 0.2) is 0 Å². The molecule has 22 heavy (non-hydrogen) atoms. The molecule has 0 fully saturated rings. The lowest BCUT2D eigenvalue weighted by Crippen LogP contribution is -2.36. The van der Waals surface area contributed by atoms with Crippen molar-refractivity contribution in [1.29, 1.82) is 0 Å². The number of aliphatic imine (C=N–C) groups is 1. The smallest absolute Gasteiger partial charge is 0.282 e. The van der Waals surface area contributed by atoms with Crippen molar-refractivity contribution in [3.05, 3.63) is 69.8 Å². The Morgan fingerprint density at radius 2 is 1.82 bits per heavy atom. The van der Waals surface area contributed by atoms with Gasteiger partial charge in [-0.3, -0.25) is 20.2 Å². The molecular weight excluding hydrogens is 284 g/mol. The number of hydrogen-bond donors (Lipinski definition) is 2. The Bertz CT molecular complexity index is 756. The van der Waals surface area contributed by atoms with Crippen molar-refractivity contribution in [2.45, 2.75) is 6.92 Å². The lowest BCUT2D eigenvalue weighted by Gasteiger charge is -2.06. The molecule has 112 valence electrons. The number of rotatable bonds is 3. The van der Waals surface area contributed by atoms with Crippen molar-refractivity contribution in [3.63, 3.8) is 0 Å². The van der Waals surface area contributed by atoms with E-state index in [1.807, 2.05) is 19.1 Å². The van der Waals surface area contributed by atoms with Crippen LogP contribution in [0.2, 0.25) is 0 Å². The van der Waals surface area contributed by atoms with Gasteiger partial charge in [0.25, 0.3) is 11.6 Å². The van der Waals surface area contributed by atoms with Gasteiger partial charge in [0.2, 0.25) is 5.96 Å². The van der Waals surface area contributed by atoms with Crippen LogP contribution in [0.3, 0.4) is 0 Å². The fraction of sp³-hybridized carbons (Fsp3) is 0.0667. The normalized spacial score (nSPS) is 11.0. The number of hydrogen-bond acceptors (Lipinski definition) is 4. The number of carbonyl (C=O) groups excluding carboxylic acids is 1. The summed E-state index contributed by atoms with van der Waals surface area (Å²) in [5.74, 6) is -0.806. The number of para-hydroxylation sites is 2. The number of benzene rings is 2. The molecule has 0 spiro atoms. The highest BCUT2D eigenvalue weighted by Crippen LogP contribution is 2.18. The van der Waals surface area contributed by atoms with Gasteiger partial charge < -0.3 is 5.73 Å². The van der Waals surface area contributed by atoms with E-state index in [0.717, 1.165) is 5.56 Å². The van der Waals surface area contributed by atoms with Gasteiger partial charge in [-0.25, -0.2) is 4.99 Å². The van der Waals surface area contributed by atoms with Crippen LogP contribution in [0.4, 0.5) is 11.4 Å². The van der Waals surface area contributed by atoms with Crippen LogP contribution in [0.5, 0.6) is 0 Å².